The van der Waals surface area contributed by atoms with E-state index in [0.29, 0.717) is 29.6 Å². The number of carbonyl (C=O) groups is 1. The number of rotatable bonds is 7. The van der Waals surface area contributed by atoms with Crippen molar-refractivity contribution in [3.63, 3.8) is 0 Å². The van der Waals surface area contributed by atoms with Crippen LogP contribution in [0.1, 0.15) is 31.6 Å². The molecule has 4 rings (SSSR count). The molecule has 0 bridgehead atoms. The van der Waals surface area contributed by atoms with E-state index in [-0.39, 0.29) is 22.1 Å². The highest BCUT2D eigenvalue weighted by Gasteiger charge is 2.36. The Hall–Kier alpha value is -2.41. The van der Waals surface area contributed by atoms with Crippen LogP contribution in [-0.4, -0.2) is 80.0 Å². The summed E-state index contributed by atoms with van der Waals surface area (Å²) in [6.45, 7) is 1.81. The molecule has 1 saturated carbocycles. The maximum Gasteiger partial charge on any atom is 0.228 e. The first-order valence-electron chi connectivity index (χ1n) is 12.7. The van der Waals surface area contributed by atoms with Gasteiger partial charge in [0.05, 0.1) is 65.0 Å². The van der Waals surface area contributed by atoms with Crippen molar-refractivity contribution in [3.8, 4) is 11.3 Å². The second kappa shape index (κ2) is 9.92. The lowest BCUT2D eigenvalue weighted by Crippen LogP contribution is -2.55. The standard InChI is InChI=1S/C22H33B6N5O2/c1-11-29-10-17(35-11)14-6-13-7-18(31-9-16(13)30-8-14)33-19(34)12-2-4-15(5-3-12)32-20(21(23,24)25)22(26,27)28/h6-10,12,15,20,32H,2-5,23-28H2,1H3,(H,31,33,34)/t12-,15-. The third-order valence-corrected chi connectivity index (χ3v) is 6.96. The molecule has 0 radical (unpaired) electrons. The van der Waals surface area contributed by atoms with Gasteiger partial charge in [0.25, 0.3) is 0 Å². The first-order valence-corrected chi connectivity index (χ1v) is 12.7. The summed E-state index contributed by atoms with van der Waals surface area (Å²) >= 11 is 0. The first-order chi connectivity index (χ1) is 16.4. The molecule has 35 heavy (non-hydrogen) atoms. The summed E-state index contributed by atoms with van der Waals surface area (Å²) in [6.07, 6.45) is 8.92. The number of fused-ring (bicyclic) bond motifs is 1. The number of carbonyl (C=O) groups excluding carboxylic acids is 1. The summed E-state index contributed by atoms with van der Waals surface area (Å²) in [5.41, 5.74) is 1.61. The van der Waals surface area contributed by atoms with Crippen LogP contribution in [0.15, 0.2) is 35.1 Å². The molecule has 0 atom stereocenters. The van der Waals surface area contributed by atoms with Gasteiger partial charge in [0, 0.05) is 36.0 Å². The van der Waals surface area contributed by atoms with E-state index in [0.717, 1.165) is 42.1 Å². The molecule has 1 amide bonds. The molecule has 1 aliphatic rings. The van der Waals surface area contributed by atoms with Crippen LogP contribution in [0.4, 0.5) is 5.82 Å². The van der Waals surface area contributed by atoms with Gasteiger partial charge in [-0.15, -0.1) is 0 Å². The van der Waals surface area contributed by atoms with Gasteiger partial charge in [-0.25, -0.2) is 9.97 Å². The molecule has 7 nitrogen and oxygen atoms in total. The number of hydrogen-bond donors (Lipinski definition) is 2. The van der Waals surface area contributed by atoms with E-state index in [1.807, 2.05) is 19.1 Å². The van der Waals surface area contributed by atoms with Crippen LogP contribution >= 0.6 is 0 Å². The fourth-order valence-electron chi connectivity index (χ4n) is 5.51. The van der Waals surface area contributed by atoms with Gasteiger partial charge in [-0.1, -0.05) is 10.2 Å². The summed E-state index contributed by atoms with van der Waals surface area (Å²) in [6, 6.07) is 4.71. The Balaban J connectivity index is 1.38. The van der Waals surface area contributed by atoms with E-state index in [4.69, 9.17) is 4.42 Å². The van der Waals surface area contributed by atoms with Gasteiger partial charge in [-0.3, -0.25) is 9.78 Å². The Bertz CT molecular complexity index is 1190. The molecule has 1 aliphatic carbocycles. The van der Waals surface area contributed by atoms with Crippen molar-refractivity contribution in [2.45, 2.75) is 54.9 Å². The fourth-order valence-corrected chi connectivity index (χ4v) is 5.51. The number of amides is 1. The highest BCUT2D eigenvalue weighted by atomic mass is 16.4. The van der Waals surface area contributed by atoms with Gasteiger partial charge >= 0.3 is 0 Å². The zero-order valence-corrected chi connectivity index (χ0v) is 22.1. The second-order valence-corrected chi connectivity index (χ2v) is 12.1. The second-order valence-electron chi connectivity index (χ2n) is 12.1. The molecule has 1 fully saturated rings. The van der Waals surface area contributed by atoms with Crippen LogP contribution in [0.25, 0.3) is 22.2 Å². The number of aryl methyl sites for hydroxylation is 1. The van der Waals surface area contributed by atoms with Crippen molar-refractivity contribution >= 4 is 69.7 Å². The Kier molecular flexibility index (Phi) is 7.28. The Morgan fingerprint density at radius 2 is 1.66 bits per heavy atom. The summed E-state index contributed by atoms with van der Waals surface area (Å²) < 4.78 is 5.62. The monoisotopic (exact) mass is 465 g/mol. The minimum absolute atomic E-state index is 0.00916. The average molecular weight is 464 g/mol. The highest BCUT2D eigenvalue weighted by molar-refractivity contribution is 6.64. The predicted molar refractivity (Wildman–Crippen MR) is 158 cm³/mol. The number of aromatic nitrogens is 3. The Morgan fingerprint density at radius 1 is 0.971 bits per heavy atom. The van der Waals surface area contributed by atoms with E-state index < -0.39 is 0 Å². The molecule has 3 aromatic heterocycles. The van der Waals surface area contributed by atoms with Crippen LogP contribution < -0.4 is 10.6 Å². The molecule has 0 aliphatic heterocycles. The van der Waals surface area contributed by atoms with E-state index >= 15 is 0 Å². The number of pyridine rings is 2. The summed E-state index contributed by atoms with van der Waals surface area (Å²) in [5.74, 6) is 1.89. The minimum atomic E-state index is 0.00916. The zero-order valence-electron chi connectivity index (χ0n) is 22.1. The van der Waals surface area contributed by atoms with Gasteiger partial charge < -0.3 is 15.1 Å². The summed E-state index contributed by atoms with van der Waals surface area (Å²) in [7, 11) is 13.8. The van der Waals surface area contributed by atoms with Crippen molar-refractivity contribution in [2.75, 3.05) is 5.32 Å². The smallest absolute Gasteiger partial charge is 0.228 e. The third-order valence-electron chi connectivity index (χ3n) is 6.96. The number of hydrogen-bond acceptors (Lipinski definition) is 6. The maximum atomic E-state index is 13.0. The number of anilines is 1. The maximum absolute atomic E-state index is 13.0. The van der Waals surface area contributed by atoms with Crippen molar-refractivity contribution in [3.05, 3.63) is 36.6 Å². The molecule has 0 saturated heterocycles. The minimum Gasteiger partial charge on any atom is -0.441 e. The van der Waals surface area contributed by atoms with E-state index in [1.54, 1.807) is 18.6 Å². The number of nitrogens with one attached hydrogen (secondary N) is 2. The van der Waals surface area contributed by atoms with Crippen molar-refractivity contribution < 1.29 is 9.21 Å². The SMILES string of the molecule is BC(B)(B)C(N[C@H]1CC[C@H](C(=O)Nc2cc3cc(-c4cnc(C)o4)cnc3cn2)CC1)C(B)(B)B. The van der Waals surface area contributed by atoms with E-state index in [1.165, 1.54) is 0 Å². The zero-order chi connectivity index (χ0) is 25.4. The third kappa shape index (κ3) is 6.24. The van der Waals surface area contributed by atoms with Gasteiger partial charge in [0.2, 0.25) is 5.91 Å². The van der Waals surface area contributed by atoms with Crippen LogP contribution in [0.5, 0.6) is 0 Å². The van der Waals surface area contributed by atoms with Crippen molar-refractivity contribution in [2.24, 2.45) is 5.92 Å². The number of nitrogens with zero attached hydrogens (tertiary/aromatic N) is 3. The van der Waals surface area contributed by atoms with Crippen LogP contribution in [0.3, 0.4) is 0 Å². The largest absolute Gasteiger partial charge is 0.441 e. The Labute approximate surface area is 213 Å². The van der Waals surface area contributed by atoms with E-state index in [2.05, 4.69) is 72.7 Å². The summed E-state index contributed by atoms with van der Waals surface area (Å²) in [4.78, 5) is 26.1. The molecular formula is C22H33B6N5O2. The lowest BCUT2D eigenvalue weighted by Gasteiger charge is -2.45. The predicted octanol–water partition coefficient (Wildman–Crippen LogP) is -2.01. The quantitative estimate of drug-likeness (QED) is 0.393. The molecule has 0 spiro atoms. The van der Waals surface area contributed by atoms with Gasteiger partial charge in [-0.05, 0) is 43.9 Å². The fraction of sp³-hybridized carbons (Fsp3) is 0.455. The van der Waals surface area contributed by atoms with Crippen LogP contribution in [0, 0.1) is 12.8 Å². The first kappa shape index (κ1) is 25.7. The van der Waals surface area contributed by atoms with Gasteiger partial charge in [-0.2, -0.15) is 0 Å². The van der Waals surface area contributed by atoms with Gasteiger partial charge in [0.1, 0.15) is 5.82 Å². The lowest BCUT2D eigenvalue weighted by molar-refractivity contribution is -0.120. The molecule has 13 heteroatoms. The molecular weight excluding hydrogens is 431 g/mol. The van der Waals surface area contributed by atoms with Crippen molar-refractivity contribution in [1.29, 1.82) is 0 Å². The molecule has 3 heterocycles. The van der Waals surface area contributed by atoms with E-state index in [9.17, 15) is 4.79 Å². The summed E-state index contributed by atoms with van der Waals surface area (Å²) in [5, 5.41) is 8.20. The van der Waals surface area contributed by atoms with Gasteiger partial charge in [0.15, 0.2) is 11.7 Å². The van der Waals surface area contributed by atoms with Crippen LogP contribution in [-0.2, 0) is 4.79 Å². The highest BCUT2D eigenvalue weighted by Crippen LogP contribution is 2.34. The van der Waals surface area contributed by atoms with Crippen LogP contribution in [0.2, 0.25) is 10.2 Å². The molecule has 0 unspecified atom stereocenters. The normalized spacial score (nSPS) is 19.1. The average Bonchev–Trinajstić information content (AvgIpc) is 3.22. The lowest BCUT2D eigenvalue weighted by atomic mass is 9.27. The molecule has 176 valence electrons. The van der Waals surface area contributed by atoms with Crippen molar-refractivity contribution in [1.82, 2.24) is 20.3 Å². The molecule has 3 aromatic rings. The Morgan fingerprint density at radius 3 is 2.26 bits per heavy atom. The number of oxazole rings is 1. The molecule has 2 N–H and O–H groups in total. The molecule has 0 aromatic carbocycles. The topological polar surface area (TPSA) is 92.9 Å².